The Balaban J connectivity index is 0.000000381. The molecule has 1 aromatic heterocycles. The Morgan fingerprint density at radius 3 is 2.37 bits per heavy atom. The fourth-order valence-electron chi connectivity index (χ4n) is 5.43. The lowest BCUT2D eigenvalue weighted by Gasteiger charge is -2.25. The minimum atomic E-state index is 0.375. The average Bonchev–Trinajstić information content (AvgIpc) is 3.33. The van der Waals surface area contributed by atoms with E-state index in [1.54, 1.807) is 0 Å². The normalized spacial score (nSPS) is 17.2. The van der Waals surface area contributed by atoms with E-state index >= 15 is 0 Å². The van der Waals surface area contributed by atoms with E-state index in [1.165, 1.54) is 56.3 Å². The van der Waals surface area contributed by atoms with Crippen molar-refractivity contribution in [2.45, 2.75) is 70.4 Å². The SMILES string of the molecule is C=O.CN1CCNCC1.CNC(C)CCc1c(O)ccc2c1nc(Cc1ccccc1)n2C1CCCCC1. The number of piperazine rings is 1. The molecule has 0 bridgehead atoms. The van der Waals surface area contributed by atoms with Gasteiger partial charge >= 0.3 is 0 Å². The van der Waals surface area contributed by atoms with Crippen molar-refractivity contribution in [1.29, 1.82) is 0 Å². The third-order valence-electron chi connectivity index (χ3n) is 7.82. The van der Waals surface area contributed by atoms with Gasteiger partial charge in [0.1, 0.15) is 18.4 Å². The second-order valence-corrected chi connectivity index (χ2v) is 10.6. The zero-order chi connectivity index (χ0) is 27.3. The number of rotatable bonds is 7. The summed E-state index contributed by atoms with van der Waals surface area (Å²) in [5.74, 6) is 1.51. The van der Waals surface area contributed by atoms with Gasteiger partial charge in [0.15, 0.2) is 0 Å². The summed E-state index contributed by atoms with van der Waals surface area (Å²) in [6.07, 6.45) is 9.01. The maximum absolute atomic E-state index is 10.6. The number of carbonyl (C=O) groups is 1. The Morgan fingerprint density at radius 1 is 1.08 bits per heavy atom. The first kappa shape index (κ1) is 29.8. The van der Waals surface area contributed by atoms with Gasteiger partial charge in [-0.3, -0.25) is 0 Å². The molecule has 38 heavy (non-hydrogen) atoms. The second kappa shape index (κ2) is 15.6. The number of imidazole rings is 1. The highest BCUT2D eigenvalue weighted by Gasteiger charge is 2.23. The van der Waals surface area contributed by atoms with Crippen LogP contribution in [0.5, 0.6) is 5.75 Å². The molecule has 7 nitrogen and oxygen atoms in total. The lowest BCUT2D eigenvalue weighted by atomic mass is 9.94. The maximum Gasteiger partial charge on any atom is 0.121 e. The number of benzene rings is 2. The molecular formula is C31H47N5O2. The van der Waals surface area contributed by atoms with Crippen molar-refractivity contribution in [2.75, 3.05) is 40.3 Å². The molecule has 1 aliphatic carbocycles. The van der Waals surface area contributed by atoms with Gasteiger partial charge in [0.05, 0.1) is 11.0 Å². The molecule has 0 amide bonds. The summed E-state index contributed by atoms with van der Waals surface area (Å²) in [5.41, 5.74) is 4.46. The lowest BCUT2D eigenvalue weighted by Crippen LogP contribution is -2.40. The van der Waals surface area contributed by atoms with Crippen molar-refractivity contribution in [3.63, 3.8) is 0 Å². The van der Waals surface area contributed by atoms with E-state index in [1.807, 2.05) is 19.9 Å². The van der Waals surface area contributed by atoms with Crippen LogP contribution in [0.2, 0.25) is 0 Å². The summed E-state index contributed by atoms with van der Waals surface area (Å²) in [6, 6.07) is 15.5. The third kappa shape index (κ3) is 8.13. The Kier molecular flexibility index (Phi) is 12.3. The Hall–Kier alpha value is -2.74. The summed E-state index contributed by atoms with van der Waals surface area (Å²) in [7, 11) is 4.14. The van der Waals surface area contributed by atoms with Gasteiger partial charge in [0.25, 0.3) is 0 Å². The van der Waals surface area contributed by atoms with E-state index < -0.39 is 0 Å². The van der Waals surface area contributed by atoms with Crippen molar-refractivity contribution >= 4 is 17.8 Å². The van der Waals surface area contributed by atoms with Gasteiger partial charge in [-0.2, -0.15) is 0 Å². The van der Waals surface area contributed by atoms with Crippen LogP contribution in [0.15, 0.2) is 42.5 Å². The molecule has 1 unspecified atom stereocenters. The fourth-order valence-corrected chi connectivity index (χ4v) is 5.43. The Bertz CT molecular complexity index is 1090. The first-order valence-corrected chi connectivity index (χ1v) is 14.2. The third-order valence-corrected chi connectivity index (χ3v) is 7.82. The molecule has 3 aromatic rings. The summed E-state index contributed by atoms with van der Waals surface area (Å²) in [6.45, 7) is 8.92. The molecule has 1 atom stereocenters. The predicted molar refractivity (Wildman–Crippen MR) is 157 cm³/mol. The van der Waals surface area contributed by atoms with Gasteiger partial charge in [-0.25, -0.2) is 4.98 Å². The number of aryl methyl sites for hydroxylation is 1. The molecule has 1 saturated carbocycles. The number of hydrogen-bond donors (Lipinski definition) is 3. The molecule has 2 aromatic carbocycles. The van der Waals surface area contributed by atoms with E-state index in [0.29, 0.717) is 17.8 Å². The van der Waals surface area contributed by atoms with Crippen molar-refractivity contribution in [3.8, 4) is 5.75 Å². The largest absolute Gasteiger partial charge is 0.508 e. The highest BCUT2D eigenvalue weighted by atomic mass is 16.3. The smallest absolute Gasteiger partial charge is 0.121 e. The van der Waals surface area contributed by atoms with Crippen LogP contribution in [0.3, 0.4) is 0 Å². The van der Waals surface area contributed by atoms with E-state index in [4.69, 9.17) is 9.78 Å². The van der Waals surface area contributed by atoms with Crippen molar-refractivity contribution in [2.24, 2.45) is 0 Å². The van der Waals surface area contributed by atoms with Crippen LogP contribution < -0.4 is 10.6 Å². The zero-order valence-electron chi connectivity index (χ0n) is 23.6. The zero-order valence-corrected chi connectivity index (χ0v) is 23.6. The van der Waals surface area contributed by atoms with E-state index in [-0.39, 0.29) is 0 Å². The lowest BCUT2D eigenvalue weighted by molar-refractivity contribution is -0.0980. The Labute approximate surface area is 228 Å². The summed E-state index contributed by atoms with van der Waals surface area (Å²) >= 11 is 0. The number of phenols is 1. The van der Waals surface area contributed by atoms with Crippen molar-refractivity contribution in [3.05, 3.63) is 59.4 Å². The van der Waals surface area contributed by atoms with Gasteiger partial charge < -0.3 is 30.0 Å². The van der Waals surface area contributed by atoms with Crippen LogP contribution in [0.25, 0.3) is 11.0 Å². The highest BCUT2D eigenvalue weighted by molar-refractivity contribution is 5.82. The number of nitrogens with zero attached hydrogens (tertiary/aromatic N) is 3. The van der Waals surface area contributed by atoms with Crippen LogP contribution in [0.1, 0.15) is 68.4 Å². The van der Waals surface area contributed by atoms with Crippen molar-refractivity contribution in [1.82, 2.24) is 25.1 Å². The summed E-state index contributed by atoms with van der Waals surface area (Å²) in [4.78, 5) is 15.5. The number of nitrogens with one attached hydrogen (secondary N) is 2. The summed E-state index contributed by atoms with van der Waals surface area (Å²) < 4.78 is 2.49. The minimum Gasteiger partial charge on any atom is -0.508 e. The maximum atomic E-state index is 10.6. The summed E-state index contributed by atoms with van der Waals surface area (Å²) in [5, 5.41) is 17.2. The fraction of sp³-hybridized carbons (Fsp3) is 0.548. The minimum absolute atomic E-state index is 0.375. The van der Waals surface area contributed by atoms with Gasteiger partial charge in [0.2, 0.25) is 0 Å². The van der Waals surface area contributed by atoms with Crippen molar-refractivity contribution < 1.29 is 9.90 Å². The van der Waals surface area contributed by atoms with E-state index in [0.717, 1.165) is 49.3 Å². The van der Waals surface area contributed by atoms with Crippen LogP contribution in [0, 0.1) is 0 Å². The molecule has 2 aliphatic rings. The highest BCUT2D eigenvalue weighted by Crippen LogP contribution is 2.36. The number of phenolic OH excluding ortho intramolecular Hbond substituents is 1. The van der Waals surface area contributed by atoms with Crippen LogP contribution in [-0.2, 0) is 17.6 Å². The average molecular weight is 522 g/mol. The van der Waals surface area contributed by atoms with E-state index in [2.05, 4.69) is 70.5 Å². The monoisotopic (exact) mass is 521 g/mol. The number of aromatic nitrogens is 2. The molecule has 208 valence electrons. The molecule has 2 heterocycles. The number of aromatic hydroxyl groups is 1. The van der Waals surface area contributed by atoms with Crippen LogP contribution >= 0.6 is 0 Å². The van der Waals surface area contributed by atoms with Gasteiger partial charge in [-0.05, 0) is 64.4 Å². The molecule has 0 radical (unpaired) electrons. The first-order chi connectivity index (χ1) is 18.6. The Morgan fingerprint density at radius 2 is 1.76 bits per heavy atom. The topological polar surface area (TPSA) is 82.4 Å². The van der Waals surface area contributed by atoms with Gasteiger partial charge in [-0.1, -0.05) is 49.6 Å². The molecule has 1 aliphatic heterocycles. The number of fused-ring (bicyclic) bond motifs is 1. The second-order valence-electron chi connectivity index (χ2n) is 10.6. The molecule has 5 rings (SSSR count). The molecule has 2 fully saturated rings. The molecule has 0 spiro atoms. The molecular weight excluding hydrogens is 474 g/mol. The van der Waals surface area contributed by atoms with Crippen LogP contribution in [-0.4, -0.2) is 72.7 Å². The molecule has 3 N–H and O–H groups in total. The number of carbonyl (C=O) groups excluding carboxylic acids is 1. The number of likely N-dealkylation sites (N-methyl/N-ethyl adjacent to an activating group) is 1. The predicted octanol–water partition coefficient (Wildman–Crippen LogP) is 4.71. The van der Waals surface area contributed by atoms with Gasteiger partial charge in [-0.15, -0.1) is 0 Å². The first-order valence-electron chi connectivity index (χ1n) is 14.2. The van der Waals surface area contributed by atoms with Gasteiger partial charge in [0, 0.05) is 50.2 Å². The molecule has 7 heteroatoms. The quantitative estimate of drug-likeness (QED) is 0.418. The van der Waals surface area contributed by atoms with Crippen LogP contribution in [0.4, 0.5) is 0 Å². The molecule has 1 saturated heterocycles. The standard InChI is InChI=1S/C25H33N3O.C5H12N2.CH2O/c1-18(26-2)13-14-21-23(29)16-15-22-25(21)27-24(17-19-9-5-3-6-10-19)28(22)20-11-7-4-8-12-20;1-7-4-2-6-3-5-7;1-2/h3,5-6,9-10,15-16,18,20,26,29H,4,7-8,11-14,17H2,1-2H3;6H,2-5H2,1H3;1H2. The number of hydrogen-bond acceptors (Lipinski definition) is 6. The van der Waals surface area contributed by atoms with E-state index in [9.17, 15) is 5.11 Å².